The average Bonchev–Trinajstić information content (AvgIpc) is 2.53. The highest BCUT2D eigenvalue weighted by atomic mass is 32.2. The van der Waals surface area contributed by atoms with Crippen LogP contribution in [0, 0.1) is 0 Å². The van der Waals surface area contributed by atoms with Crippen molar-refractivity contribution in [2.45, 2.75) is 4.90 Å². The van der Waals surface area contributed by atoms with E-state index in [9.17, 15) is 8.42 Å². The van der Waals surface area contributed by atoms with E-state index in [0.29, 0.717) is 49.2 Å². The monoisotopic (exact) mass is 327 g/mol. The summed E-state index contributed by atoms with van der Waals surface area (Å²) in [5.74, 6) is 1.12. The molecule has 0 bridgehead atoms. The van der Waals surface area contributed by atoms with Crippen molar-refractivity contribution in [3.8, 4) is 11.5 Å². The summed E-state index contributed by atoms with van der Waals surface area (Å²) in [4.78, 5) is 1.92. The Hall–Kier alpha value is -1.93. The Bertz CT molecular complexity index is 706. The molecule has 1 aromatic rings. The summed E-state index contributed by atoms with van der Waals surface area (Å²) < 4.78 is 45.6. The Balaban J connectivity index is 2.08. The van der Waals surface area contributed by atoms with Gasteiger partial charge in [0.05, 0.1) is 27.4 Å². The lowest BCUT2D eigenvalue weighted by Gasteiger charge is -2.31. The Morgan fingerprint density at radius 2 is 1.73 bits per heavy atom. The van der Waals surface area contributed by atoms with Crippen molar-refractivity contribution in [3.63, 3.8) is 0 Å². The normalized spacial score (nSPS) is 19.7. The van der Waals surface area contributed by atoms with Crippen LogP contribution in [0.25, 0.3) is 6.08 Å². The molecular formula is C14H17NO6S. The second-order valence-electron chi connectivity index (χ2n) is 4.86. The molecule has 7 nitrogen and oxygen atoms in total. The van der Waals surface area contributed by atoms with Crippen molar-refractivity contribution in [2.75, 3.05) is 40.5 Å². The van der Waals surface area contributed by atoms with Crippen molar-refractivity contribution < 1.29 is 26.8 Å². The molecule has 0 atom stereocenters. The number of fused-ring (bicyclic) bond motifs is 1. The fraction of sp³-hybridized carbons (Fsp3) is 0.429. The van der Waals surface area contributed by atoms with Gasteiger partial charge in [0.1, 0.15) is 4.90 Å². The SMILES string of the molecule is COc1cc2c(cc1OC)S(=O)(=O)OC(N1CCOCC1)=C2. The molecular weight excluding hydrogens is 310 g/mol. The molecule has 8 heteroatoms. The molecule has 0 spiro atoms. The molecule has 0 radical (unpaired) electrons. The third kappa shape index (κ3) is 2.59. The van der Waals surface area contributed by atoms with E-state index < -0.39 is 10.1 Å². The third-order valence-corrected chi connectivity index (χ3v) is 4.86. The van der Waals surface area contributed by atoms with Gasteiger partial charge in [-0.2, -0.15) is 8.42 Å². The summed E-state index contributed by atoms with van der Waals surface area (Å²) in [5.41, 5.74) is 0.519. The number of morpholine rings is 1. The van der Waals surface area contributed by atoms with Gasteiger partial charge < -0.3 is 23.3 Å². The minimum absolute atomic E-state index is 0.0714. The Morgan fingerprint density at radius 1 is 1.09 bits per heavy atom. The van der Waals surface area contributed by atoms with Crippen molar-refractivity contribution in [1.29, 1.82) is 0 Å². The molecule has 3 rings (SSSR count). The maximum Gasteiger partial charge on any atom is 0.341 e. The maximum absolute atomic E-state index is 12.4. The first-order chi connectivity index (χ1) is 10.5. The molecule has 1 fully saturated rings. The number of rotatable bonds is 3. The lowest BCUT2D eigenvalue weighted by atomic mass is 10.2. The highest BCUT2D eigenvalue weighted by Crippen LogP contribution is 2.38. The first-order valence-electron chi connectivity index (χ1n) is 6.80. The quantitative estimate of drug-likeness (QED) is 0.768. The summed E-state index contributed by atoms with van der Waals surface area (Å²) in [6.45, 7) is 2.26. The van der Waals surface area contributed by atoms with Gasteiger partial charge in [0.15, 0.2) is 11.5 Å². The van der Waals surface area contributed by atoms with Crippen LogP contribution in [-0.4, -0.2) is 53.8 Å². The van der Waals surface area contributed by atoms with Crippen LogP contribution in [0.1, 0.15) is 5.56 Å². The molecule has 22 heavy (non-hydrogen) atoms. The van der Waals surface area contributed by atoms with Crippen molar-refractivity contribution in [3.05, 3.63) is 23.6 Å². The topological polar surface area (TPSA) is 74.3 Å². The first-order valence-corrected chi connectivity index (χ1v) is 8.21. The Labute approximate surface area is 129 Å². The Morgan fingerprint density at radius 3 is 2.36 bits per heavy atom. The number of hydrogen-bond donors (Lipinski definition) is 0. The number of ether oxygens (including phenoxy) is 3. The zero-order valence-corrected chi connectivity index (χ0v) is 13.2. The van der Waals surface area contributed by atoms with Crippen LogP contribution in [0.4, 0.5) is 0 Å². The van der Waals surface area contributed by atoms with Crippen LogP contribution >= 0.6 is 0 Å². The zero-order chi connectivity index (χ0) is 15.7. The van der Waals surface area contributed by atoms with Gasteiger partial charge >= 0.3 is 10.1 Å². The number of methoxy groups -OCH3 is 2. The van der Waals surface area contributed by atoms with E-state index in [1.807, 2.05) is 4.90 Å². The van der Waals surface area contributed by atoms with Gasteiger partial charge in [-0.3, -0.25) is 0 Å². The Kier molecular flexibility index (Phi) is 3.88. The highest BCUT2D eigenvalue weighted by molar-refractivity contribution is 7.87. The van der Waals surface area contributed by atoms with Gasteiger partial charge in [0, 0.05) is 30.8 Å². The van der Waals surface area contributed by atoms with E-state index in [2.05, 4.69) is 0 Å². The fourth-order valence-corrected chi connectivity index (χ4v) is 3.57. The molecule has 1 saturated heterocycles. The number of nitrogens with zero attached hydrogens (tertiary/aromatic N) is 1. The predicted molar refractivity (Wildman–Crippen MR) is 78.2 cm³/mol. The van der Waals surface area contributed by atoms with Crippen LogP contribution in [-0.2, 0) is 19.0 Å². The number of hydrogen-bond acceptors (Lipinski definition) is 7. The van der Waals surface area contributed by atoms with E-state index in [-0.39, 0.29) is 4.90 Å². The average molecular weight is 327 g/mol. The summed E-state index contributed by atoms with van der Waals surface area (Å²) >= 11 is 0. The summed E-state index contributed by atoms with van der Waals surface area (Å²) in [5, 5.41) is 0. The third-order valence-electron chi connectivity index (χ3n) is 3.58. The van der Waals surface area contributed by atoms with Crippen LogP contribution < -0.4 is 9.47 Å². The van der Waals surface area contributed by atoms with Gasteiger partial charge in [-0.25, -0.2) is 0 Å². The molecule has 120 valence electrons. The summed E-state index contributed by atoms with van der Waals surface area (Å²) in [6, 6.07) is 3.05. The van der Waals surface area contributed by atoms with Gasteiger partial charge in [-0.15, -0.1) is 0 Å². The maximum atomic E-state index is 12.4. The van der Waals surface area contributed by atoms with Crippen LogP contribution in [0.2, 0.25) is 0 Å². The fourth-order valence-electron chi connectivity index (χ4n) is 2.45. The minimum Gasteiger partial charge on any atom is -0.493 e. The van der Waals surface area contributed by atoms with Crippen LogP contribution in [0.15, 0.2) is 22.9 Å². The highest BCUT2D eigenvalue weighted by Gasteiger charge is 2.31. The zero-order valence-electron chi connectivity index (χ0n) is 12.4. The smallest absolute Gasteiger partial charge is 0.341 e. The predicted octanol–water partition coefficient (Wildman–Crippen LogP) is 1.05. The molecule has 0 aromatic heterocycles. The van der Waals surface area contributed by atoms with Crippen molar-refractivity contribution in [2.24, 2.45) is 0 Å². The molecule has 2 aliphatic rings. The van der Waals surface area contributed by atoms with E-state index in [4.69, 9.17) is 18.4 Å². The minimum atomic E-state index is -3.88. The van der Waals surface area contributed by atoms with E-state index in [0.717, 1.165) is 0 Å². The van der Waals surface area contributed by atoms with Crippen molar-refractivity contribution in [1.82, 2.24) is 4.90 Å². The second kappa shape index (κ2) is 5.69. The molecule has 0 saturated carbocycles. The van der Waals surface area contributed by atoms with Crippen LogP contribution in [0.5, 0.6) is 11.5 Å². The largest absolute Gasteiger partial charge is 0.493 e. The molecule has 2 heterocycles. The summed E-state index contributed by atoms with van der Waals surface area (Å²) in [6.07, 6.45) is 1.70. The molecule has 1 aromatic carbocycles. The number of benzene rings is 1. The van der Waals surface area contributed by atoms with E-state index in [1.165, 1.54) is 20.3 Å². The standard InChI is InChI=1S/C14H17NO6S/c1-18-11-7-10-8-14(15-3-5-20-6-4-15)21-22(16,17)13(10)9-12(11)19-2/h7-9H,3-6H2,1-2H3. The van der Waals surface area contributed by atoms with E-state index >= 15 is 0 Å². The van der Waals surface area contributed by atoms with Gasteiger partial charge in [0.25, 0.3) is 0 Å². The molecule has 2 aliphatic heterocycles. The molecule has 0 unspecified atom stereocenters. The van der Waals surface area contributed by atoms with Crippen LogP contribution in [0.3, 0.4) is 0 Å². The molecule has 0 N–H and O–H groups in total. The lowest BCUT2D eigenvalue weighted by Crippen LogP contribution is -2.37. The lowest BCUT2D eigenvalue weighted by molar-refractivity contribution is 0.0365. The second-order valence-corrected chi connectivity index (χ2v) is 6.38. The molecule has 0 amide bonds. The van der Waals surface area contributed by atoms with Gasteiger partial charge in [-0.05, 0) is 6.07 Å². The van der Waals surface area contributed by atoms with Crippen molar-refractivity contribution >= 4 is 16.2 Å². The van der Waals surface area contributed by atoms with Gasteiger partial charge in [-0.1, -0.05) is 0 Å². The first kappa shape index (κ1) is 15.0. The summed E-state index contributed by atoms with van der Waals surface area (Å²) in [7, 11) is -0.926. The molecule has 0 aliphatic carbocycles. The van der Waals surface area contributed by atoms with Gasteiger partial charge in [0.2, 0.25) is 5.88 Å². The van der Waals surface area contributed by atoms with E-state index in [1.54, 1.807) is 12.1 Å².